The van der Waals surface area contributed by atoms with Crippen molar-refractivity contribution in [3.8, 4) is 0 Å². The lowest BCUT2D eigenvalue weighted by Crippen LogP contribution is -2.09. The van der Waals surface area contributed by atoms with Crippen molar-refractivity contribution in [1.29, 1.82) is 0 Å². The van der Waals surface area contributed by atoms with Crippen molar-refractivity contribution in [2.45, 2.75) is 12.7 Å². The Labute approximate surface area is 204 Å². The van der Waals surface area contributed by atoms with Crippen LogP contribution in [-0.2, 0) is 23.1 Å². The topological polar surface area (TPSA) is 42.3 Å². The summed E-state index contributed by atoms with van der Waals surface area (Å²) < 4.78 is 13.3. The van der Waals surface area contributed by atoms with Crippen molar-refractivity contribution in [2.24, 2.45) is 12.1 Å². The van der Waals surface area contributed by atoms with Gasteiger partial charge in [0.05, 0.1) is 37.4 Å². The molecule has 0 saturated carbocycles. The number of benzene rings is 4. The Balaban J connectivity index is 1.31. The van der Waals surface area contributed by atoms with Gasteiger partial charge in [0, 0.05) is 28.9 Å². The molecule has 0 amide bonds. The largest absolute Gasteiger partial charge is 0.374 e. The highest BCUT2D eigenvalue weighted by Crippen LogP contribution is 2.30. The second kappa shape index (κ2) is 9.37. The number of ether oxygens (including phenoxy) is 2. The van der Waals surface area contributed by atoms with Gasteiger partial charge < -0.3 is 14.0 Å². The van der Waals surface area contributed by atoms with Crippen molar-refractivity contribution < 1.29 is 9.47 Å². The Hall–Kier alpha value is -3.93. The summed E-state index contributed by atoms with van der Waals surface area (Å²) in [6, 6.07) is 33.5. The molecule has 2 heterocycles. The molecule has 0 radical (unpaired) electrons. The van der Waals surface area contributed by atoms with Gasteiger partial charge in [-0.2, -0.15) is 5.10 Å². The van der Waals surface area contributed by atoms with Crippen molar-refractivity contribution in [3.63, 3.8) is 0 Å². The fraction of sp³-hybridized carbons (Fsp3) is 0.167. The summed E-state index contributed by atoms with van der Waals surface area (Å²) in [5.41, 5.74) is 6.65. The molecule has 6 rings (SSSR count). The van der Waals surface area contributed by atoms with E-state index >= 15 is 0 Å². The van der Waals surface area contributed by atoms with Gasteiger partial charge in [-0.3, -0.25) is 0 Å². The number of aromatic nitrogens is 1. The van der Waals surface area contributed by atoms with Gasteiger partial charge >= 0.3 is 0 Å². The number of fused-ring (bicyclic) bond motifs is 3. The fourth-order valence-electron chi connectivity index (χ4n) is 4.46. The standard InChI is InChI=1S/C30H27N3O2/c1-32-29-15-13-23(19-34-20-26-21-35-26)16-28(29)27-14-12-22(17-30(27)32)18-31-33(24-8-4-2-5-9-24)25-10-6-3-7-11-25/h2-18,26H,19-21H2,1H3. The second-order valence-corrected chi connectivity index (χ2v) is 8.89. The molecule has 0 spiro atoms. The number of para-hydroxylation sites is 2. The van der Waals surface area contributed by atoms with Gasteiger partial charge in [0.2, 0.25) is 0 Å². The summed E-state index contributed by atoms with van der Waals surface area (Å²) in [4.78, 5) is 0. The zero-order valence-electron chi connectivity index (χ0n) is 19.7. The molecule has 35 heavy (non-hydrogen) atoms. The summed E-state index contributed by atoms with van der Waals surface area (Å²) in [7, 11) is 2.12. The van der Waals surface area contributed by atoms with Gasteiger partial charge in [-0.1, -0.05) is 54.6 Å². The summed E-state index contributed by atoms with van der Waals surface area (Å²) in [5, 5.41) is 9.30. The first kappa shape index (κ1) is 21.6. The van der Waals surface area contributed by atoms with Crippen molar-refractivity contribution in [1.82, 2.24) is 4.57 Å². The van der Waals surface area contributed by atoms with E-state index in [1.54, 1.807) is 0 Å². The van der Waals surface area contributed by atoms with Crippen LogP contribution < -0.4 is 5.01 Å². The van der Waals surface area contributed by atoms with Gasteiger partial charge in [-0.05, 0) is 53.6 Å². The normalized spacial score (nSPS) is 15.3. The highest BCUT2D eigenvalue weighted by molar-refractivity contribution is 6.09. The molecule has 4 aromatic carbocycles. The molecule has 1 aromatic heterocycles. The highest BCUT2D eigenvalue weighted by atomic mass is 16.6. The molecule has 1 aliphatic heterocycles. The summed E-state index contributed by atoms with van der Waals surface area (Å²) in [6.45, 7) is 2.09. The third kappa shape index (κ3) is 4.56. The summed E-state index contributed by atoms with van der Waals surface area (Å²) in [5.74, 6) is 0. The molecule has 1 saturated heterocycles. The van der Waals surface area contributed by atoms with Gasteiger partial charge in [0.1, 0.15) is 6.10 Å². The molecule has 1 unspecified atom stereocenters. The number of hydrazone groups is 1. The van der Waals surface area contributed by atoms with E-state index in [2.05, 4.69) is 72.3 Å². The molecule has 174 valence electrons. The Morgan fingerprint density at radius 2 is 1.60 bits per heavy atom. The quantitative estimate of drug-likeness (QED) is 0.152. The average Bonchev–Trinajstić information content (AvgIpc) is 3.70. The molecule has 0 aliphatic carbocycles. The molecular formula is C30H27N3O2. The molecular weight excluding hydrogens is 434 g/mol. The van der Waals surface area contributed by atoms with Crippen LogP contribution in [0.15, 0.2) is 102 Å². The van der Waals surface area contributed by atoms with Gasteiger partial charge in [0.25, 0.3) is 0 Å². The van der Waals surface area contributed by atoms with E-state index in [1.165, 1.54) is 27.4 Å². The third-order valence-electron chi connectivity index (χ3n) is 6.39. The summed E-state index contributed by atoms with van der Waals surface area (Å²) >= 11 is 0. The van der Waals surface area contributed by atoms with Crippen molar-refractivity contribution in [3.05, 3.63) is 108 Å². The first-order valence-corrected chi connectivity index (χ1v) is 11.9. The van der Waals surface area contributed by atoms with E-state index in [0.29, 0.717) is 13.2 Å². The first-order chi connectivity index (χ1) is 17.3. The minimum Gasteiger partial charge on any atom is -0.374 e. The number of anilines is 2. The van der Waals surface area contributed by atoms with E-state index < -0.39 is 0 Å². The minimum absolute atomic E-state index is 0.288. The van der Waals surface area contributed by atoms with Crippen molar-refractivity contribution in [2.75, 3.05) is 18.2 Å². The van der Waals surface area contributed by atoms with Crippen LogP contribution in [0.1, 0.15) is 11.1 Å². The molecule has 1 aliphatic rings. The minimum atomic E-state index is 0.288. The maximum absolute atomic E-state index is 5.80. The van der Waals surface area contributed by atoms with Gasteiger partial charge in [-0.15, -0.1) is 0 Å². The molecule has 5 nitrogen and oxygen atoms in total. The lowest BCUT2D eigenvalue weighted by molar-refractivity contribution is 0.104. The van der Waals surface area contributed by atoms with E-state index in [1.807, 2.05) is 47.6 Å². The van der Waals surface area contributed by atoms with Crippen LogP contribution in [0.25, 0.3) is 21.8 Å². The van der Waals surface area contributed by atoms with Crippen LogP contribution in [0.5, 0.6) is 0 Å². The van der Waals surface area contributed by atoms with Crippen LogP contribution in [0.2, 0.25) is 0 Å². The number of rotatable bonds is 8. The number of nitrogens with zero attached hydrogens (tertiary/aromatic N) is 3. The number of aryl methyl sites for hydroxylation is 1. The molecule has 0 N–H and O–H groups in total. The fourth-order valence-corrected chi connectivity index (χ4v) is 4.46. The van der Waals surface area contributed by atoms with Crippen LogP contribution in [0, 0.1) is 0 Å². The van der Waals surface area contributed by atoms with E-state index in [9.17, 15) is 0 Å². The lowest BCUT2D eigenvalue weighted by Gasteiger charge is -2.19. The first-order valence-electron chi connectivity index (χ1n) is 11.9. The maximum atomic E-state index is 5.80. The molecule has 1 atom stereocenters. The van der Waals surface area contributed by atoms with E-state index in [-0.39, 0.29) is 6.10 Å². The molecule has 0 bridgehead atoms. The number of hydrogen-bond acceptors (Lipinski definition) is 4. The van der Waals surface area contributed by atoms with Gasteiger partial charge in [0.15, 0.2) is 0 Å². The average molecular weight is 462 g/mol. The Bertz CT molecular complexity index is 1450. The number of hydrogen-bond donors (Lipinski definition) is 0. The SMILES string of the molecule is Cn1c2ccc(COCC3CO3)cc2c2ccc(C=NN(c3ccccc3)c3ccccc3)cc21. The summed E-state index contributed by atoms with van der Waals surface area (Å²) in [6.07, 6.45) is 2.21. The molecule has 5 aromatic rings. The predicted octanol–water partition coefficient (Wildman–Crippen LogP) is 6.42. The second-order valence-electron chi connectivity index (χ2n) is 8.89. The van der Waals surface area contributed by atoms with E-state index in [0.717, 1.165) is 23.5 Å². The Kier molecular flexibility index (Phi) is 5.78. The van der Waals surface area contributed by atoms with Crippen LogP contribution in [0.4, 0.5) is 11.4 Å². The van der Waals surface area contributed by atoms with Crippen molar-refractivity contribution >= 4 is 39.4 Å². The monoisotopic (exact) mass is 461 g/mol. The van der Waals surface area contributed by atoms with E-state index in [4.69, 9.17) is 14.6 Å². The molecule has 1 fully saturated rings. The highest BCUT2D eigenvalue weighted by Gasteiger charge is 2.22. The number of epoxide rings is 1. The van der Waals surface area contributed by atoms with Crippen LogP contribution in [0.3, 0.4) is 0 Å². The third-order valence-corrected chi connectivity index (χ3v) is 6.39. The van der Waals surface area contributed by atoms with Crippen LogP contribution in [-0.4, -0.2) is 30.1 Å². The zero-order valence-corrected chi connectivity index (χ0v) is 19.7. The smallest absolute Gasteiger partial charge is 0.104 e. The predicted molar refractivity (Wildman–Crippen MR) is 142 cm³/mol. The maximum Gasteiger partial charge on any atom is 0.104 e. The van der Waals surface area contributed by atoms with Crippen LogP contribution >= 0.6 is 0 Å². The molecule has 5 heteroatoms. The van der Waals surface area contributed by atoms with Gasteiger partial charge in [-0.25, -0.2) is 5.01 Å². The Morgan fingerprint density at radius 3 is 2.29 bits per heavy atom. The lowest BCUT2D eigenvalue weighted by atomic mass is 10.1. The Morgan fingerprint density at radius 1 is 0.886 bits per heavy atom. The zero-order chi connectivity index (χ0) is 23.6.